The quantitative estimate of drug-likeness (QED) is 0.879. The second-order valence-electron chi connectivity index (χ2n) is 4.61. The fraction of sp³-hybridized carbons (Fsp3) is 0.214. The molecule has 112 valence electrons. The molecule has 0 saturated carbocycles. The third-order valence-electron chi connectivity index (χ3n) is 2.94. The van der Waals surface area contributed by atoms with Crippen molar-refractivity contribution in [2.24, 2.45) is 0 Å². The lowest BCUT2D eigenvalue weighted by Gasteiger charge is -2.09. The molecule has 0 saturated heterocycles. The van der Waals surface area contributed by atoms with E-state index < -0.39 is 15.8 Å². The molecule has 0 aliphatic rings. The van der Waals surface area contributed by atoms with Crippen molar-refractivity contribution in [1.29, 1.82) is 0 Å². The minimum absolute atomic E-state index is 0.100. The summed E-state index contributed by atoms with van der Waals surface area (Å²) in [6.45, 7) is 1.76. The number of hydrogen-bond donors (Lipinski definition) is 2. The molecule has 7 heteroatoms. The van der Waals surface area contributed by atoms with Gasteiger partial charge in [0.15, 0.2) is 9.84 Å². The molecule has 0 aliphatic heterocycles. The van der Waals surface area contributed by atoms with Crippen LogP contribution >= 0.6 is 0 Å². The molecule has 1 aromatic carbocycles. The molecule has 21 heavy (non-hydrogen) atoms. The number of benzene rings is 1. The first-order valence-electron chi connectivity index (χ1n) is 6.14. The average molecular weight is 309 g/mol. The lowest BCUT2D eigenvalue weighted by Crippen LogP contribution is -2.05. The van der Waals surface area contributed by atoms with Gasteiger partial charge in [-0.1, -0.05) is 12.1 Å². The van der Waals surface area contributed by atoms with Crippen LogP contribution in [0.15, 0.2) is 39.6 Å². The van der Waals surface area contributed by atoms with E-state index in [2.05, 4.69) is 5.32 Å². The topological polar surface area (TPSA) is 96.6 Å². The van der Waals surface area contributed by atoms with Crippen LogP contribution in [0.3, 0.4) is 0 Å². The van der Waals surface area contributed by atoms with E-state index in [1.807, 2.05) is 0 Å². The molecule has 0 spiro atoms. The van der Waals surface area contributed by atoms with E-state index in [1.54, 1.807) is 25.1 Å². The number of aromatic carboxylic acids is 1. The van der Waals surface area contributed by atoms with Crippen molar-refractivity contribution < 1.29 is 22.7 Å². The van der Waals surface area contributed by atoms with Crippen LogP contribution in [0.5, 0.6) is 0 Å². The van der Waals surface area contributed by atoms with Crippen LogP contribution in [-0.4, -0.2) is 25.7 Å². The highest BCUT2D eigenvalue weighted by atomic mass is 32.2. The van der Waals surface area contributed by atoms with Crippen molar-refractivity contribution >= 4 is 21.5 Å². The number of carboxylic acid groups (broad SMARTS) is 1. The molecule has 1 aromatic heterocycles. The van der Waals surface area contributed by atoms with Gasteiger partial charge in [-0.05, 0) is 25.1 Å². The lowest BCUT2D eigenvalue weighted by molar-refractivity contribution is 0.0695. The van der Waals surface area contributed by atoms with E-state index >= 15 is 0 Å². The molecular weight excluding hydrogens is 294 g/mol. The summed E-state index contributed by atoms with van der Waals surface area (Å²) in [5.41, 5.74) is 0.550. The zero-order chi connectivity index (χ0) is 15.6. The number of sulfone groups is 1. The number of rotatable bonds is 5. The van der Waals surface area contributed by atoms with Gasteiger partial charge in [-0.2, -0.15) is 0 Å². The van der Waals surface area contributed by atoms with Crippen LogP contribution in [0.4, 0.5) is 5.69 Å². The van der Waals surface area contributed by atoms with Crippen molar-refractivity contribution in [3.63, 3.8) is 0 Å². The largest absolute Gasteiger partial charge is 0.478 e. The molecule has 0 amide bonds. The summed E-state index contributed by atoms with van der Waals surface area (Å²) in [5.74, 6) is -0.317. The van der Waals surface area contributed by atoms with Crippen LogP contribution in [0.2, 0.25) is 0 Å². The Morgan fingerprint density at radius 1 is 1.33 bits per heavy atom. The van der Waals surface area contributed by atoms with Gasteiger partial charge >= 0.3 is 5.97 Å². The van der Waals surface area contributed by atoms with Gasteiger partial charge in [-0.3, -0.25) is 0 Å². The van der Waals surface area contributed by atoms with Gasteiger partial charge in [0.1, 0.15) is 17.1 Å². The highest BCUT2D eigenvalue weighted by Gasteiger charge is 2.15. The van der Waals surface area contributed by atoms with E-state index in [9.17, 15) is 13.2 Å². The Morgan fingerprint density at radius 3 is 2.57 bits per heavy atom. The Bertz CT molecular complexity index is 776. The first kappa shape index (κ1) is 15.1. The van der Waals surface area contributed by atoms with E-state index in [0.29, 0.717) is 17.2 Å². The van der Waals surface area contributed by atoms with Gasteiger partial charge in [0.05, 0.1) is 17.1 Å². The van der Waals surface area contributed by atoms with Gasteiger partial charge in [0.2, 0.25) is 0 Å². The van der Waals surface area contributed by atoms with E-state index in [4.69, 9.17) is 9.52 Å². The number of aryl methyl sites for hydroxylation is 1. The Balaban J connectivity index is 2.21. The van der Waals surface area contributed by atoms with Crippen molar-refractivity contribution in [3.8, 4) is 0 Å². The zero-order valence-electron chi connectivity index (χ0n) is 11.6. The number of nitrogens with one attached hydrogen (secondary N) is 1. The van der Waals surface area contributed by atoms with Crippen LogP contribution in [-0.2, 0) is 16.4 Å². The number of para-hydroxylation sites is 1. The number of carboxylic acids is 1. The van der Waals surface area contributed by atoms with Gasteiger partial charge in [-0.25, -0.2) is 13.2 Å². The minimum atomic E-state index is -3.34. The number of furan rings is 1. The van der Waals surface area contributed by atoms with E-state index in [0.717, 1.165) is 6.26 Å². The second kappa shape index (κ2) is 5.61. The Morgan fingerprint density at radius 2 is 2.00 bits per heavy atom. The predicted octanol–water partition coefficient (Wildman–Crippen LogP) is 2.30. The number of anilines is 1. The Kier molecular flexibility index (Phi) is 4.04. The maximum absolute atomic E-state index is 11.7. The van der Waals surface area contributed by atoms with Gasteiger partial charge in [0, 0.05) is 6.26 Å². The fourth-order valence-corrected chi connectivity index (χ4v) is 2.83. The standard InChI is InChI=1S/C14H15NO5S/c1-9-11(14(16)17)7-10(20-9)8-15-12-5-3-4-6-13(12)21(2,18)19/h3-7,15H,8H2,1-2H3,(H,16,17). The first-order valence-corrected chi connectivity index (χ1v) is 8.03. The summed E-state index contributed by atoms with van der Waals surface area (Å²) in [4.78, 5) is 11.1. The van der Waals surface area contributed by atoms with Crippen LogP contribution < -0.4 is 5.32 Å². The van der Waals surface area contributed by atoms with E-state index in [-0.39, 0.29) is 17.0 Å². The monoisotopic (exact) mass is 309 g/mol. The Labute approximate surface area is 122 Å². The summed E-state index contributed by atoms with van der Waals surface area (Å²) >= 11 is 0. The second-order valence-corrected chi connectivity index (χ2v) is 6.59. The molecule has 0 radical (unpaired) electrons. The minimum Gasteiger partial charge on any atom is -0.478 e. The van der Waals surface area contributed by atoms with E-state index in [1.165, 1.54) is 12.1 Å². The van der Waals surface area contributed by atoms with Gasteiger partial charge in [-0.15, -0.1) is 0 Å². The molecule has 6 nitrogen and oxygen atoms in total. The zero-order valence-corrected chi connectivity index (χ0v) is 12.4. The van der Waals surface area contributed by atoms with Crippen LogP contribution in [0.25, 0.3) is 0 Å². The molecule has 1 heterocycles. The summed E-state index contributed by atoms with van der Waals surface area (Å²) in [6.07, 6.45) is 1.13. The molecular formula is C14H15NO5S. The molecule has 0 fully saturated rings. The van der Waals surface area contributed by atoms with Gasteiger partial charge in [0.25, 0.3) is 0 Å². The highest BCUT2D eigenvalue weighted by molar-refractivity contribution is 7.90. The molecule has 2 aromatic rings. The first-order chi connectivity index (χ1) is 9.79. The summed E-state index contributed by atoms with van der Waals surface area (Å²) in [5, 5.41) is 11.9. The van der Waals surface area contributed by atoms with Crippen LogP contribution in [0, 0.1) is 6.92 Å². The smallest absolute Gasteiger partial charge is 0.339 e. The van der Waals surface area contributed by atoms with Crippen LogP contribution in [0.1, 0.15) is 21.9 Å². The maximum Gasteiger partial charge on any atom is 0.339 e. The summed E-state index contributed by atoms with van der Waals surface area (Å²) in [7, 11) is -3.34. The summed E-state index contributed by atoms with van der Waals surface area (Å²) < 4.78 is 28.7. The van der Waals surface area contributed by atoms with Crippen molar-refractivity contribution in [2.45, 2.75) is 18.4 Å². The van der Waals surface area contributed by atoms with Crippen molar-refractivity contribution in [1.82, 2.24) is 0 Å². The maximum atomic E-state index is 11.7. The molecule has 0 atom stereocenters. The number of hydrogen-bond acceptors (Lipinski definition) is 5. The SMILES string of the molecule is Cc1oc(CNc2ccccc2S(C)(=O)=O)cc1C(=O)O. The average Bonchev–Trinajstić information content (AvgIpc) is 2.77. The third-order valence-corrected chi connectivity index (χ3v) is 4.09. The van der Waals surface area contributed by atoms with Crippen molar-refractivity contribution in [3.05, 3.63) is 47.4 Å². The molecule has 2 N–H and O–H groups in total. The van der Waals surface area contributed by atoms with Crippen molar-refractivity contribution in [2.75, 3.05) is 11.6 Å². The van der Waals surface area contributed by atoms with Gasteiger partial charge < -0.3 is 14.8 Å². The summed E-state index contributed by atoms with van der Waals surface area (Å²) in [6, 6.07) is 7.93. The molecule has 0 bridgehead atoms. The Hall–Kier alpha value is -2.28. The molecule has 0 aliphatic carbocycles. The normalized spacial score (nSPS) is 11.3. The fourth-order valence-electron chi connectivity index (χ4n) is 1.96. The third kappa shape index (κ3) is 3.43. The predicted molar refractivity (Wildman–Crippen MR) is 77.3 cm³/mol. The molecule has 0 unspecified atom stereocenters. The highest BCUT2D eigenvalue weighted by Crippen LogP contribution is 2.22. The number of carbonyl (C=O) groups is 1. The molecule has 2 rings (SSSR count). The lowest BCUT2D eigenvalue weighted by atomic mass is 10.2.